The molecule has 0 saturated heterocycles. The summed E-state index contributed by atoms with van der Waals surface area (Å²) in [6.45, 7) is 5.90. The van der Waals surface area contributed by atoms with Crippen molar-refractivity contribution in [3.05, 3.63) is 51.4 Å². The van der Waals surface area contributed by atoms with Gasteiger partial charge in [-0.2, -0.15) is 9.36 Å². The van der Waals surface area contributed by atoms with Gasteiger partial charge in [-0.05, 0) is 66.0 Å². The lowest BCUT2D eigenvalue weighted by atomic mass is 10.0. The van der Waals surface area contributed by atoms with Crippen molar-refractivity contribution in [2.75, 3.05) is 5.32 Å². The van der Waals surface area contributed by atoms with Crippen LogP contribution in [0, 0.1) is 20.8 Å². The highest BCUT2D eigenvalue weighted by molar-refractivity contribution is 9.10. The highest BCUT2D eigenvalue weighted by Gasteiger charge is 2.21. The Morgan fingerprint density at radius 3 is 2.73 bits per heavy atom. The van der Waals surface area contributed by atoms with Crippen molar-refractivity contribution < 1.29 is 13.6 Å². The summed E-state index contributed by atoms with van der Waals surface area (Å²) in [5.74, 6) is 0.883. The normalized spacial score (nSPS) is 11.2. The predicted molar refractivity (Wildman–Crippen MR) is 104 cm³/mol. The number of halogens is 1. The molecule has 0 spiro atoms. The highest BCUT2D eigenvalue weighted by atomic mass is 79.9. The molecule has 3 aromatic heterocycles. The Hall–Kier alpha value is -2.45. The molecule has 6 nitrogen and oxygen atoms in total. The summed E-state index contributed by atoms with van der Waals surface area (Å²) < 4.78 is 16.0. The Labute approximate surface area is 161 Å². The topological polar surface area (TPSA) is 81.2 Å². The zero-order valence-electron chi connectivity index (χ0n) is 14.2. The second-order valence-corrected chi connectivity index (χ2v) is 7.53. The zero-order valence-corrected chi connectivity index (χ0v) is 16.6. The molecule has 0 aliphatic heterocycles. The molecule has 0 saturated carbocycles. The van der Waals surface area contributed by atoms with Crippen LogP contribution in [0.5, 0.6) is 0 Å². The Balaban J connectivity index is 1.63. The van der Waals surface area contributed by atoms with Crippen LogP contribution in [-0.4, -0.2) is 15.3 Å². The van der Waals surface area contributed by atoms with Gasteiger partial charge in [-0.25, -0.2) is 0 Å². The summed E-state index contributed by atoms with van der Waals surface area (Å²) in [5, 5.41) is 4.10. The number of benzene rings is 1. The molecule has 0 atom stereocenters. The van der Waals surface area contributed by atoms with Crippen LogP contribution < -0.4 is 5.32 Å². The molecule has 4 rings (SSSR count). The number of furan rings is 2. The van der Waals surface area contributed by atoms with Gasteiger partial charge in [0.05, 0.1) is 0 Å². The molecule has 0 fully saturated rings. The Bertz CT molecular complexity index is 1140. The number of aryl methyl sites for hydroxylation is 3. The molecular formula is C18H14BrN3O3S. The predicted octanol–water partition coefficient (Wildman–Crippen LogP) is 5.48. The SMILES string of the molecule is Cc1cc(C)c2c(C)c(C(=O)Nc3nc(-c4ccc(Br)o4)ns3)oc2c1. The van der Waals surface area contributed by atoms with Crippen molar-refractivity contribution in [3.63, 3.8) is 0 Å². The molecule has 132 valence electrons. The lowest BCUT2D eigenvalue weighted by molar-refractivity contribution is 0.0998. The molecule has 4 aromatic rings. The number of carbonyl (C=O) groups excluding carboxylic acids is 1. The number of nitrogens with zero attached hydrogens (tertiary/aromatic N) is 2. The summed E-state index contributed by atoms with van der Waals surface area (Å²) in [6.07, 6.45) is 0. The molecule has 1 amide bonds. The van der Waals surface area contributed by atoms with Gasteiger partial charge in [-0.1, -0.05) is 6.07 Å². The molecule has 0 bridgehead atoms. The van der Waals surface area contributed by atoms with Crippen LogP contribution in [0.4, 0.5) is 5.13 Å². The quantitative estimate of drug-likeness (QED) is 0.463. The maximum absolute atomic E-state index is 12.7. The van der Waals surface area contributed by atoms with E-state index in [1.165, 1.54) is 0 Å². The van der Waals surface area contributed by atoms with E-state index >= 15 is 0 Å². The first kappa shape index (κ1) is 17.0. The van der Waals surface area contributed by atoms with E-state index in [9.17, 15) is 4.79 Å². The van der Waals surface area contributed by atoms with Crippen molar-refractivity contribution in [2.45, 2.75) is 20.8 Å². The van der Waals surface area contributed by atoms with E-state index in [2.05, 4.69) is 36.7 Å². The zero-order chi connectivity index (χ0) is 18.4. The Morgan fingerprint density at radius 2 is 2.00 bits per heavy atom. The van der Waals surface area contributed by atoms with Crippen molar-refractivity contribution in [2.24, 2.45) is 0 Å². The average molecular weight is 432 g/mol. The van der Waals surface area contributed by atoms with Gasteiger partial charge in [0.2, 0.25) is 11.0 Å². The number of fused-ring (bicyclic) bond motifs is 1. The van der Waals surface area contributed by atoms with Gasteiger partial charge in [-0.3, -0.25) is 10.1 Å². The summed E-state index contributed by atoms with van der Waals surface area (Å²) in [5.41, 5.74) is 3.70. The second kappa shape index (κ2) is 6.37. The maximum Gasteiger partial charge on any atom is 0.293 e. The molecule has 0 aliphatic rings. The molecule has 0 unspecified atom stereocenters. The molecule has 0 radical (unpaired) electrons. The van der Waals surface area contributed by atoms with Crippen LogP contribution in [-0.2, 0) is 0 Å². The molecule has 1 aromatic carbocycles. The maximum atomic E-state index is 12.7. The van der Waals surface area contributed by atoms with Crippen LogP contribution in [0.3, 0.4) is 0 Å². The standard InChI is InChI=1S/C18H14BrN3O3S/c1-8-6-9(2)14-10(3)15(25-12(14)7-8)17(23)21-18-20-16(22-26-18)11-4-5-13(19)24-11/h4-7H,1-3H3,(H,20,21,22,23). The number of carbonyl (C=O) groups is 1. The molecule has 1 N–H and O–H groups in total. The molecule has 26 heavy (non-hydrogen) atoms. The highest BCUT2D eigenvalue weighted by Crippen LogP contribution is 2.30. The number of nitrogens with one attached hydrogen (secondary N) is 1. The number of amides is 1. The fourth-order valence-corrected chi connectivity index (χ4v) is 3.84. The van der Waals surface area contributed by atoms with Gasteiger partial charge in [0.15, 0.2) is 16.2 Å². The smallest absolute Gasteiger partial charge is 0.293 e. The number of aromatic nitrogens is 2. The van der Waals surface area contributed by atoms with Crippen molar-refractivity contribution in [1.29, 1.82) is 0 Å². The van der Waals surface area contributed by atoms with E-state index < -0.39 is 0 Å². The molecule has 3 heterocycles. The first-order valence-corrected chi connectivity index (χ1v) is 9.40. The fourth-order valence-electron chi connectivity index (χ4n) is 2.97. The van der Waals surface area contributed by atoms with Crippen molar-refractivity contribution >= 4 is 49.5 Å². The van der Waals surface area contributed by atoms with Gasteiger partial charge in [0.1, 0.15) is 5.58 Å². The van der Waals surface area contributed by atoms with Crippen LogP contribution >= 0.6 is 27.5 Å². The Kier molecular flexibility index (Phi) is 4.16. The number of anilines is 1. The van der Waals surface area contributed by atoms with E-state index in [0.29, 0.717) is 27.0 Å². The minimum atomic E-state index is -0.348. The molecule has 0 aliphatic carbocycles. The van der Waals surface area contributed by atoms with Gasteiger partial charge in [0.25, 0.3) is 5.91 Å². The molecule has 8 heteroatoms. The average Bonchev–Trinajstić information content (AvgIpc) is 3.26. The van der Waals surface area contributed by atoms with E-state index in [-0.39, 0.29) is 11.7 Å². The van der Waals surface area contributed by atoms with E-state index in [1.807, 2.05) is 26.8 Å². The lowest BCUT2D eigenvalue weighted by Crippen LogP contribution is -2.11. The Morgan fingerprint density at radius 1 is 1.19 bits per heavy atom. The van der Waals surface area contributed by atoms with Gasteiger partial charge in [0, 0.05) is 22.5 Å². The van der Waals surface area contributed by atoms with Crippen LogP contribution in [0.25, 0.3) is 22.6 Å². The third-order valence-corrected chi connectivity index (χ3v) is 5.07. The minimum Gasteiger partial charge on any atom is -0.451 e. The van der Waals surface area contributed by atoms with Gasteiger partial charge in [-0.15, -0.1) is 0 Å². The van der Waals surface area contributed by atoms with Crippen molar-refractivity contribution in [3.8, 4) is 11.6 Å². The number of rotatable bonds is 3. The first-order chi connectivity index (χ1) is 12.4. The second-order valence-electron chi connectivity index (χ2n) is 5.99. The van der Waals surface area contributed by atoms with Crippen molar-refractivity contribution in [1.82, 2.24) is 9.36 Å². The third kappa shape index (κ3) is 2.95. The van der Waals surface area contributed by atoms with Gasteiger partial charge < -0.3 is 8.83 Å². The minimum absolute atomic E-state index is 0.284. The van der Waals surface area contributed by atoms with Crippen LogP contribution in [0.2, 0.25) is 0 Å². The largest absolute Gasteiger partial charge is 0.451 e. The monoisotopic (exact) mass is 431 g/mol. The third-order valence-electron chi connectivity index (χ3n) is 4.02. The van der Waals surface area contributed by atoms with E-state index in [4.69, 9.17) is 8.83 Å². The van der Waals surface area contributed by atoms with Gasteiger partial charge >= 0.3 is 0 Å². The van der Waals surface area contributed by atoms with E-state index in [1.54, 1.807) is 12.1 Å². The number of hydrogen-bond acceptors (Lipinski definition) is 6. The fraction of sp³-hybridized carbons (Fsp3) is 0.167. The van der Waals surface area contributed by atoms with E-state index in [0.717, 1.165) is 33.6 Å². The van der Waals surface area contributed by atoms with Crippen LogP contribution in [0.1, 0.15) is 27.2 Å². The lowest BCUT2D eigenvalue weighted by Gasteiger charge is -1.99. The summed E-state index contributed by atoms with van der Waals surface area (Å²) in [7, 11) is 0. The molecular weight excluding hydrogens is 418 g/mol. The first-order valence-electron chi connectivity index (χ1n) is 7.83. The summed E-state index contributed by atoms with van der Waals surface area (Å²) in [6, 6.07) is 7.53. The van der Waals surface area contributed by atoms with Crippen LogP contribution in [0.15, 0.2) is 37.8 Å². The summed E-state index contributed by atoms with van der Waals surface area (Å²) >= 11 is 4.33. The summed E-state index contributed by atoms with van der Waals surface area (Å²) in [4.78, 5) is 16.9. The number of hydrogen-bond donors (Lipinski definition) is 1.